The summed E-state index contributed by atoms with van der Waals surface area (Å²) in [6, 6.07) is 15.7. The minimum absolute atomic E-state index is 0.0932. The van der Waals surface area contributed by atoms with Gasteiger partial charge in [-0.2, -0.15) is 0 Å². The van der Waals surface area contributed by atoms with Gasteiger partial charge in [-0.1, -0.05) is 41.4 Å². The lowest BCUT2D eigenvalue weighted by atomic mass is 9.90. The molecule has 0 aromatic heterocycles. The summed E-state index contributed by atoms with van der Waals surface area (Å²) >= 11 is 13.5. The van der Waals surface area contributed by atoms with Crippen LogP contribution in [0.4, 0.5) is 21.9 Å². The second-order valence-corrected chi connectivity index (χ2v) is 13.2. The zero-order valence-corrected chi connectivity index (χ0v) is 27.0. The molecule has 2 heterocycles. The van der Waals surface area contributed by atoms with Gasteiger partial charge in [-0.05, 0) is 61.9 Å². The smallest absolute Gasteiger partial charge is 0.321 e. The van der Waals surface area contributed by atoms with E-state index in [0.29, 0.717) is 65.3 Å². The Balaban J connectivity index is 1.57. The Kier molecular flexibility index (Phi) is 9.71. The molecule has 10 nitrogen and oxygen atoms in total. The summed E-state index contributed by atoms with van der Waals surface area (Å²) < 4.78 is 29.3. The lowest BCUT2D eigenvalue weighted by Gasteiger charge is -2.37. The lowest BCUT2D eigenvalue weighted by Crippen LogP contribution is -2.48. The van der Waals surface area contributed by atoms with E-state index in [9.17, 15) is 18.0 Å². The summed E-state index contributed by atoms with van der Waals surface area (Å²) in [7, 11) is -4.37. The van der Waals surface area contributed by atoms with Crippen molar-refractivity contribution in [2.45, 2.75) is 24.7 Å². The Hall–Kier alpha value is -3.35. The van der Waals surface area contributed by atoms with Crippen molar-refractivity contribution in [3.63, 3.8) is 0 Å². The van der Waals surface area contributed by atoms with Crippen molar-refractivity contribution < 1.29 is 18.0 Å². The predicted molar refractivity (Wildman–Crippen MR) is 176 cm³/mol. The van der Waals surface area contributed by atoms with Crippen molar-refractivity contribution >= 4 is 62.2 Å². The summed E-state index contributed by atoms with van der Waals surface area (Å²) in [6.45, 7) is 8.92. The van der Waals surface area contributed by atoms with Gasteiger partial charge < -0.3 is 20.9 Å². The van der Waals surface area contributed by atoms with Gasteiger partial charge in [-0.3, -0.25) is 9.69 Å². The SMILES string of the molecule is CCN(CC)C(=O)Nc1ccc(S(=O)(=O)N2C(=O)C(c3ccccc3Cl)c3c2ccc(Cl)c3N2CCN(CCN)CC2)cc1. The van der Waals surface area contributed by atoms with Gasteiger partial charge >= 0.3 is 6.03 Å². The molecule has 1 atom stereocenters. The van der Waals surface area contributed by atoms with Gasteiger partial charge in [0, 0.05) is 68.6 Å². The molecule has 3 N–H and O–H groups in total. The maximum absolute atomic E-state index is 14.3. The van der Waals surface area contributed by atoms with Crippen LogP contribution in [-0.2, 0) is 14.8 Å². The topological polar surface area (TPSA) is 119 Å². The van der Waals surface area contributed by atoms with Gasteiger partial charge in [0.2, 0.25) is 0 Å². The van der Waals surface area contributed by atoms with E-state index in [4.69, 9.17) is 28.9 Å². The first-order valence-corrected chi connectivity index (χ1v) is 16.8. The van der Waals surface area contributed by atoms with E-state index in [1.807, 2.05) is 13.8 Å². The maximum Gasteiger partial charge on any atom is 0.321 e. The van der Waals surface area contributed by atoms with Gasteiger partial charge in [0.05, 0.1) is 27.2 Å². The Morgan fingerprint density at radius 3 is 2.23 bits per heavy atom. The van der Waals surface area contributed by atoms with Crippen LogP contribution < -0.4 is 20.3 Å². The predicted octanol–water partition coefficient (Wildman–Crippen LogP) is 4.82. The second kappa shape index (κ2) is 13.3. The van der Waals surface area contributed by atoms with Crippen LogP contribution in [0.2, 0.25) is 10.0 Å². The molecule has 1 saturated heterocycles. The molecule has 0 aliphatic carbocycles. The van der Waals surface area contributed by atoms with Gasteiger partial charge in [-0.25, -0.2) is 17.5 Å². The number of amides is 3. The lowest BCUT2D eigenvalue weighted by molar-refractivity contribution is -0.117. The number of anilines is 3. The quantitative estimate of drug-likeness (QED) is 0.338. The van der Waals surface area contributed by atoms with Crippen molar-refractivity contribution in [2.75, 3.05) is 66.9 Å². The number of hydrogen-bond acceptors (Lipinski definition) is 7. The summed E-state index contributed by atoms with van der Waals surface area (Å²) in [4.78, 5) is 32.7. The minimum atomic E-state index is -4.37. The fraction of sp³-hybridized carbons (Fsp3) is 0.355. The third-order valence-electron chi connectivity index (χ3n) is 8.14. The number of nitrogens with two attached hydrogens (primary N) is 1. The number of fused-ring (bicyclic) bond motifs is 1. The highest BCUT2D eigenvalue weighted by molar-refractivity contribution is 7.93. The fourth-order valence-corrected chi connectivity index (χ4v) is 7.85. The molecule has 0 bridgehead atoms. The van der Waals surface area contributed by atoms with Gasteiger partial charge in [0.15, 0.2) is 0 Å². The molecule has 234 valence electrons. The van der Waals surface area contributed by atoms with Gasteiger partial charge in [0.1, 0.15) is 0 Å². The Morgan fingerprint density at radius 2 is 1.61 bits per heavy atom. The van der Waals surface area contributed by atoms with Crippen molar-refractivity contribution in [3.05, 3.63) is 81.8 Å². The van der Waals surface area contributed by atoms with Crippen LogP contribution in [0.3, 0.4) is 0 Å². The minimum Gasteiger partial charge on any atom is -0.367 e. The molecule has 1 fully saturated rings. The molecule has 0 spiro atoms. The van der Waals surface area contributed by atoms with Crippen molar-refractivity contribution in [3.8, 4) is 0 Å². The highest BCUT2D eigenvalue weighted by Gasteiger charge is 2.48. The molecular formula is C31H36Cl2N6O4S. The Morgan fingerprint density at radius 1 is 0.955 bits per heavy atom. The molecule has 2 aliphatic heterocycles. The van der Waals surface area contributed by atoms with E-state index < -0.39 is 21.8 Å². The zero-order chi connectivity index (χ0) is 31.6. The number of sulfonamides is 1. The van der Waals surface area contributed by atoms with E-state index in [1.165, 1.54) is 24.3 Å². The first-order valence-electron chi connectivity index (χ1n) is 14.6. The van der Waals surface area contributed by atoms with Crippen LogP contribution in [0.1, 0.15) is 30.9 Å². The van der Waals surface area contributed by atoms with Crippen molar-refractivity contribution in [2.24, 2.45) is 5.73 Å². The molecule has 1 unspecified atom stereocenters. The van der Waals surface area contributed by atoms with Crippen LogP contribution in [0.15, 0.2) is 65.6 Å². The number of hydrogen-bond donors (Lipinski definition) is 2. The molecule has 3 amide bonds. The number of benzene rings is 3. The highest BCUT2D eigenvalue weighted by Crippen LogP contribution is 2.51. The summed E-state index contributed by atoms with van der Waals surface area (Å²) in [5.74, 6) is -1.63. The van der Waals surface area contributed by atoms with Crippen LogP contribution in [-0.4, -0.2) is 82.5 Å². The normalized spacial score (nSPS) is 17.1. The fourth-order valence-electron chi connectivity index (χ4n) is 5.87. The second-order valence-electron chi connectivity index (χ2n) is 10.6. The van der Waals surface area contributed by atoms with Gasteiger partial charge in [-0.15, -0.1) is 0 Å². The number of rotatable bonds is 9. The van der Waals surface area contributed by atoms with Crippen LogP contribution in [0.25, 0.3) is 0 Å². The molecule has 0 radical (unpaired) electrons. The van der Waals surface area contributed by atoms with E-state index in [-0.39, 0.29) is 16.6 Å². The largest absolute Gasteiger partial charge is 0.367 e. The molecule has 44 heavy (non-hydrogen) atoms. The van der Waals surface area contributed by atoms with E-state index in [2.05, 4.69) is 15.1 Å². The monoisotopic (exact) mass is 658 g/mol. The highest BCUT2D eigenvalue weighted by atomic mass is 35.5. The van der Waals surface area contributed by atoms with Gasteiger partial charge in [0.25, 0.3) is 15.9 Å². The summed E-state index contributed by atoms with van der Waals surface area (Å²) in [5.41, 5.74) is 8.07. The van der Waals surface area contributed by atoms with E-state index in [1.54, 1.807) is 41.3 Å². The van der Waals surface area contributed by atoms with E-state index in [0.717, 1.165) is 23.9 Å². The number of nitrogens with zero attached hydrogens (tertiary/aromatic N) is 4. The molecule has 0 saturated carbocycles. The van der Waals surface area contributed by atoms with Crippen molar-refractivity contribution in [1.29, 1.82) is 0 Å². The molecule has 3 aromatic rings. The molecule has 3 aromatic carbocycles. The van der Waals surface area contributed by atoms with Crippen molar-refractivity contribution in [1.82, 2.24) is 9.80 Å². The maximum atomic E-state index is 14.3. The zero-order valence-electron chi connectivity index (χ0n) is 24.7. The first-order chi connectivity index (χ1) is 21.1. The molecule has 5 rings (SSSR count). The third kappa shape index (κ3) is 5.99. The third-order valence-corrected chi connectivity index (χ3v) is 10.5. The first kappa shape index (κ1) is 32.1. The Labute approximate surface area is 268 Å². The summed E-state index contributed by atoms with van der Waals surface area (Å²) in [5, 5.41) is 3.55. The number of nitrogens with one attached hydrogen (secondary N) is 1. The van der Waals surface area contributed by atoms with Crippen LogP contribution in [0.5, 0.6) is 0 Å². The molecular weight excluding hydrogens is 623 g/mol. The molecule has 13 heteroatoms. The number of urea groups is 1. The number of piperazine rings is 1. The average molecular weight is 660 g/mol. The number of carbonyl (C=O) groups is 2. The number of carbonyl (C=O) groups excluding carboxylic acids is 2. The average Bonchev–Trinajstić information content (AvgIpc) is 3.31. The standard InChI is InChI=1S/C31H36Cl2N6O4S/c1-3-37(4-2)31(41)35-21-9-11-22(12-10-21)44(42,43)39-26-14-13-25(33)29(38-19-17-36(16-15-34)18-20-38)28(26)27(30(39)40)23-7-5-6-8-24(23)32/h5-14,27H,3-4,15-20,34H2,1-2H3,(H,35,41). The summed E-state index contributed by atoms with van der Waals surface area (Å²) in [6.07, 6.45) is 0. The van der Waals surface area contributed by atoms with Crippen LogP contribution in [0, 0.1) is 0 Å². The van der Waals surface area contributed by atoms with E-state index >= 15 is 0 Å². The Bertz CT molecular complexity index is 1640. The molecule has 2 aliphatic rings. The van der Waals surface area contributed by atoms with Crippen LogP contribution >= 0.6 is 23.2 Å². The number of halogens is 2.